The second-order valence-corrected chi connectivity index (χ2v) is 4.15. The van der Waals surface area contributed by atoms with Gasteiger partial charge >= 0.3 is 35.6 Å². The molecule has 0 aliphatic heterocycles. The molecule has 0 aromatic heterocycles. The largest absolute Gasteiger partial charge is 0 e. The maximum absolute atomic E-state index is 4.89. The van der Waals surface area contributed by atoms with Crippen molar-refractivity contribution in [2.75, 3.05) is 0 Å². The van der Waals surface area contributed by atoms with Crippen LogP contribution >= 0.6 is 18.6 Å². The van der Waals surface area contributed by atoms with Crippen LogP contribution in [0.25, 0.3) is 0 Å². The molecule has 0 fully saturated rings. The first-order chi connectivity index (χ1) is 2.83. The van der Waals surface area contributed by atoms with E-state index in [-0.39, 0.29) is 21.7 Å². The molecule has 0 heterocycles. The Bertz CT molecular complexity index is 15.7. The van der Waals surface area contributed by atoms with Gasteiger partial charge in [-0.3, -0.25) is 0 Å². The molecule has 0 aliphatic rings. The van der Waals surface area contributed by atoms with Crippen molar-refractivity contribution in [3.8, 4) is 0 Å². The summed E-state index contributed by atoms with van der Waals surface area (Å²) in [5.74, 6) is 0. The topological polar surface area (TPSA) is 0 Å². The van der Waals surface area contributed by atoms with E-state index in [1.807, 2.05) is 0 Å². The second kappa shape index (κ2) is 24.1. The van der Waals surface area contributed by atoms with E-state index >= 15 is 0 Å². The number of hydrogen-bond acceptors (Lipinski definition) is 0. The summed E-state index contributed by atoms with van der Waals surface area (Å²) in [5.41, 5.74) is 0. The van der Waals surface area contributed by atoms with E-state index in [1.54, 1.807) is 0 Å². The first kappa shape index (κ1) is 16.1. The third-order valence-corrected chi connectivity index (χ3v) is 0. The first-order valence-corrected chi connectivity index (χ1v) is 7.68. The Morgan fingerprint density at radius 2 is 1.29 bits per heavy atom. The Labute approximate surface area is 79.1 Å². The van der Waals surface area contributed by atoms with E-state index < -0.39 is 17.0 Å². The van der Waals surface area contributed by atoms with Crippen LogP contribution in [0, 0.1) is 0 Å². The summed E-state index contributed by atoms with van der Waals surface area (Å²) < 4.78 is 0. The molecule has 0 rings (SSSR count). The van der Waals surface area contributed by atoms with Crippen LogP contribution in [-0.4, -0.2) is 9.52 Å². The Hall–Kier alpha value is 2.23. The maximum Gasteiger partial charge on any atom is 0 e. The van der Waals surface area contributed by atoms with E-state index in [0.717, 1.165) is 9.52 Å². The van der Waals surface area contributed by atoms with Gasteiger partial charge in [0.1, 0.15) is 0 Å². The van der Waals surface area contributed by atoms with Gasteiger partial charge in [0, 0.05) is 31.2 Å². The van der Waals surface area contributed by atoms with Crippen LogP contribution in [0.5, 0.6) is 0 Å². The average molecular weight is 225 g/mol. The number of rotatable bonds is 0. The van der Waals surface area contributed by atoms with E-state index in [4.69, 9.17) is 18.6 Å². The van der Waals surface area contributed by atoms with Gasteiger partial charge in [0.05, 0.1) is 0 Å². The third kappa shape index (κ3) is 64.4. The molecule has 5 heteroatoms. The Morgan fingerprint density at radius 1 is 1.29 bits per heavy atom. The van der Waals surface area contributed by atoms with E-state index in [0.29, 0.717) is 0 Å². The number of hydrogen-bond donors (Lipinski definition) is 0. The van der Waals surface area contributed by atoms with Gasteiger partial charge in [-0.25, -0.2) is 0 Å². The molecule has 2 radical (unpaired) electrons. The van der Waals surface area contributed by atoms with Gasteiger partial charge in [-0.15, -0.1) is 0 Å². The first-order valence-electron chi connectivity index (χ1n) is 1.38. The van der Waals surface area contributed by atoms with Crippen molar-refractivity contribution >= 4 is 28.1 Å². The second-order valence-electron chi connectivity index (χ2n) is 0.571. The summed E-state index contributed by atoms with van der Waals surface area (Å²) in [5, 5.41) is 0. The van der Waals surface area contributed by atoms with Crippen molar-refractivity contribution in [3.63, 3.8) is 0 Å². The summed E-state index contributed by atoms with van der Waals surface area (Å²) in [6.45, 7) is 4.31. The minimum Gasteiger partial charge on any atom is 0 e. The van der Waals surface area contributed by atoms with Crippen molar-refractivity contribution in [2.24, 2.45) is 0 Å². The van der Waals surface area contributed by atoms with Gasteiger partial charge in [0.2, 0.25) is 0 Å². The Balaban J connectivity index is -0.0000000400. The van der Waals surface area contributed by atoms with E-state index in [9.17, 15) is 0 Å². The fourth-order valence-electron chi connectivity index (χ4n) is 0. The normalized spacial score (nSPS) is 4.57. The summed E-state index contributed by atoms with van der Waals surface area (Å²) >= 11 is -0.556. The molecule has 0 atom stereocenters. The molecule has 0 aromatic rings. The molecule has 0 saturated carbocycles. The molecule has 0 amide bonds. The standard InChI is InChI=1S/C2H6Si.2ClH.2Ti/c1-3-2;;;;/h1-2H3;2*1H;;/q;;;;+2/p-2. The van der Waals surface area contributed by atoms with Crippen LogP contribution in [0.1, 0.15) is 0 Å². The van der Waals surface area contributed by atoms with Crippen LogP contribution in [0.3, 0.4) is 0 Å². The molecule has 0 N–H and O–H groups in total. The van der Waals surface area contributed by atoms with Crippen molar-refractivity contribution in [1.82, 2.24) is 0 Å². The minimum atomic E-state index is -0.556. The van der Waals surface area contributed by atoms with Gasteiger partial charge in [-0.1, -0.05) is 13.1 Å². The van der Waals surface area contributed by atoms with E-state index in [1.165, 1.54) is 0 Å². The Kier molecular flexibility index (Phi) is 55.3. The van der Waals surface area contributed by atoms with Gasteiger partial charge in [-0.2, -0.15) is 0 Å². The van der Waals surface area contributed by atoms with Crippen molar-refractivity contribution in [1.29, 1.82) is 0 Å². The zero-order valence-corrected chi connectivity index (χ0v) is 9.89. The quantitative estimate of drug-likeness (QED) is 0.554. The molecule has 0 spiro atoms. The van der Waals surface area contributed by atoms with E-state index in [2.05, 4.69) is 13.1 Å². The SMILES string of the molecule is C[Si]C.[Cl][Ti][Cl].[Ti]. The summed E-state index contributed by atoms with van der Waals surface area (Å²) in [6, 6.07) is 0. The molecule has 0 bridgehead atoms. The predicted molar refractivity (Wildman–Crippen MR) is 29.2 cm³/mol. The molecule has 0 saturated heterocycles. The molecule has 0 aliphatic carbocycles. The monoisotopic (exact) mass is 224 g/mol. The maximum atomic E-state index is 4.89. The van der Waals surface area contributed by atoms with Crippen molar-refractivity contribution in [3.05, 3.63) is 0 Å². The zero-order chi connectivity index (χ0) is 5.41. The van der Waals surface area contributed by atoms with Gasteiger partial charge < -0.3 is 0 Å². The van der Waals surface area contributed by atoms with Crippen molar-refractivity contribution < 1.29 is 38.7 Å². The molecular formula is C2H6Cl2SiTi2. The molecule has 0 aromatic carbocycles. The minimum absolute atomic E-state index is 0. The molecule has 0 unspecified atom stereocenters. The van der Waals surface area contributed by atoms with Crippen LogP contribution in [0.2, 0.25) is 13.1 Å². The number of halogens is 2. The summed E-state index contributed by atoms with van der Waals surface area (Å²) in [7, 11) is 10.9. The zero-order valence-electron chi connectivity index (χ0n) is 4.26. The van der Waals surface area contributed by atoms with Crippen LogP contribution in [0.4, 0.5) is 0 Å². The van der Waals surface area contributed by atoms with Gasteiger partial charge in [0.25, 0.3) is 0 Å². The van der Waals surface area contributed by atoms with Gasteiger partial charge in [-0.05, 0) is 0 Å². The van der Waals surface area contributed by atoms with Crippen LogP contribution < -0.4 is 0 Å². The Morgan fingerprint density at radius 3 is 1.29 bits per heavy atom. The third-order valence-electron chi connectivity index (χ3n) is 0. The van der Waals surface area contributed by atoms with Crippen LogP contribution in [0.15, 0.2) is 0 Å². The van der Waals surface area contributed by atoms with Crippen LogP contribution in [-0.2, 0) is 38.7 Å². The molecular weight excluding hydrogens is 219 g/mol. The smallest absolute Gasteiger partial charge is 0 e. The molecule has 0 nitrogen and oxygen atoms in total. The summed E-state index contributed by atoms with van der Waals surface area (Å²) in [6.07, 6.45) is 0. The predicted octanol–water partition coefficient (Wildman–Crippen LogP) is 2.16. The van der Waals surface area contributed by atoms with Crippen molar-refractivity contribution in [2.45, 2.75) is 13.1 Å². The fourth-order valence-corrected chi connectivity index (χ4v) is 0. The molecule has 40 valence electrons. The molecule has 7 heavy (non-hydrogen) atoms. The average Bonchev–Trinajstić information content (AvgIpc) is 1.39. The van der Waals surface area contributed by atoms with Gasteiger partial charge in [0.15, 0.2) is 0 Å². The summed E-state index contributed by atoms with van der Waals surface area (Å²) in [4.78, 5) is 0. The fraction of sp³-hybridized carbons (Fsp3) is 1.00.